The molecule has 2 aromatic carbocycles. The Hall–Kier alpha value is -0.964. The minimum atomic E-state index is -0.508. The second-order valence-corrected chi connectivity index (χ2v) is 4.90. The van der Waals surface area contributed by atoms with Gasteiger partial charge < -0.3 is 15.2 Å². The van der Waals surface area contributed by atoms with Crippen molar-refractivity contribution in [1.29, 1.82) is 0 Å². The van der Waals surface area contributed by atoms with Crippen LogP contribution in [0.2, 0.25) is 5.02 Å². The fraction of sp³-hybridized carbons (Fsp3) is 0.0667. The average Bonchev–Trinajstić information content (AvgIpc) is 2.51. The summed E-state index contributed by atoms with van der Waals surface area (Å²) < 4.78 is 18.2. The van der Waals surface area contributed by atoms with Crippen molar-refractivity contribution in [2.45, 2.75) is 0 Å². The molecule has 23 heavy (non-hydrogen) atoms. The normalized spacial score (nSPS) is 10.2. The van der Waals surface area contributed by atoms with Gasteiger partial charge in [-0.25, -0.2) is 14.4 Å². The van der Waals surface area contributed by atoms with Crippen molar-refractivity contribution < 1.29 is 65.6 Å². The molecule has 0 aliphatic heterocycles. The Labute approximate surface area is 179 Å². The molecule has 0 saturated heterocycles. The van der Waals surface area contributed by atoms with Crippen molar-refractivity contribution in [3.05, 3.63) is 47.5 Å². The summed E-state index contributed by atoms with van der Waals surface area (Å²) in [6.07, 6.45) is 1.36. The van der Waals surface area contributed by atoms with E-state index < -0.39 is 5.82 Å². The smallest absolute Gasteiger partial charge is 0.870 e. The quantitative estimate of drug-likeness (QED) is 0.681. The van der Waals surface area contributed by atoms with Crippen molar-refractivity contribution in [2.75, 3.05) is 12.4 Å². The van der Waals surface area contributed by atoms with Gasteiger partial charge in [0.25, 0.3) is 0 Å². The summed E-state index contributed by atoms with van der Waals surface area (Å²) in [5.41, 5.74) is 1.11. The topological polar surface area (TPSA) is 70.1 Å². The molecule has 0 amide bonds. The van der Waals surface area contributed by atoms with Crippen LogP contribution in [-0.4, -0.2) is 17.1 Å². The van der Waals surface area contributed by atoms with Gasteiger partial charge >= 0.3 is 51.4 Å². The molecule has 0 atom stereocenters. The van der Waals surface area contributed by atoms with E-state index in [9.17, 15) is 9.50 Å². The first-order valence-corrected chi connectivity index (χ1v) is 6.68. The first kappa shape index (κ1) is 18.4. The maximum Gasteiger partial charge on any atom is 1.00 e. The minimum absolute atomic E-state index is 0. The Bertz CT molecular complexity index is 863. The number of halogens is 2. The van der Waals surface area contributed by atoms with E-state index in [0.717, 1.165) is 0 Å². The minimum Gasteiger partial charge on any atom is -0.870 e. The van der Waals surface area contributed by atoms with Gasteiger partial charge in [0.2, 0.25) is 0 Å². The van der Waals surface area contributed by atoms with Gasteiger partial charge in [-0.2, -0.15) is 0 Å². The van der Waals surface area contributed by atoms with Gasteiger partial charge in [0.15, 0.2) is 0 Å². The van der Waals surface area contributed by atoms with Crippen LogP contribution in [0.4, 0.5) is 15.9 Å². The van der Waals surface area contributed by atoms with E-state index in [0.29, 0.717) is 22.4 Å². The van der Waals surface area contributed by atoms with Crippen LogP contribution >= 0.6 is 11.6 Å². The molecule has 3 rings (SSSR count). The Morgan fingerprint density at radius 1 is 1.22 bits per heavy atom. The first-order chi connectivity index (χ1) is 10.6. The molecule has 5 nitrogen and oxygen atoms in total. The van der Waals surface area contributed by atoms with Crippen LogP contribution in [0.5, 0.6) is 11.5 Å². The molecule has 0 aliphatic carbocycles. The molecule has 0 saturated carbocycles. The molecule has 1 aromatic heterocycles. The van der Waals surface area contributed by atoms with E-state index in [1.165, 1.54) is 37.7 Å². The molecule has 0 bridgehead atoms. The zero-order valence-corrected chi connectivity index (χ0v) is 16.3. The molecule has 0 fully saturated rings. The van der Waals surface area contributed by atoms with E-state index in [2.05, 4.69) is 15.3 Å². The number of methoxy groups -OCH3 is 1. The van der Waals surface area contributed by atoms with Crippen molar-refractivity contribution in [3.8, 4) is 11.5 Å². The SMILES string of the molecule is COc1cc2ncnc(Nc3ccc(F)c(Cl)c3)c2cc1[O-].[K+]. The third kappa shape index (κ3) is 3.93. The second-order valence-electron chi connectivity index (χ2n) is 4.50. The number of hydrogen-bond donors (Lipinski definition) is 1. The first-order valence-electron chi connectivity index (χ1n) is 6.30. The van der Waals surface area contributed by atoms with Crippen molar-refractivity contribution in [1.82, 2.24) is 9.97 Å². The summed E-state index contributed by atoms with van der Waals surface area (Å²) in [7, 11) is 1.42. The Kier molecular flexibility index (Phi) is 6.18. The van der Waals surface area contributed by atoms with Crippen LogP contribution in [0, 0.1) is 5.82 Å². The largest absolute Gasteiger partial charge is 1.00 e. The Balaban J connectivity index is 0.00000192. The van der Waals surface area contributed by atoms with Gasteiger partial charge in [0, 0.05) is 17.1 Å². The molecule has 8 heteroatoms. The van der Waals surface area contributed by atoms with E-state index in [4.69, 9.17) is 16.3 Å². The summed E-state index contributed by atoms with van der Waals surface area (Å²) in [5, 5.41) is 15.4. The predicted octanol–water partition coefficient (Wildman–Crippen LogP) is 0.252. The molecule has 0 spiro atoms. The molecular formula is C15H10ClFKN3O2. The van der Waals surface area contributed by atoms with Crippen LogP contribution in [0.1, 0.15) is 0 Å². The van der Waals surface area contributed by atoms with Gasteiger partial charge in [-0.05, 0) is 18.2 Å². The Morgan fingerprint density at radius 3 is 2.70 bits per heavy atom. The Morgan fingerprint density at radius 2 is 2.00 bits per heavy atom. The van der Waals surface area contributed by atoms with Crippen LogP contribution in [0.25, 0.3) is 10.9 Å². The number of anilines is 2. The number of nitrogens with one attached hydrogen (secondary N) is 1. The molecule has 0 aliphatic rings. The van der Waals surface area contributed by atoms with Crippen LogP contribution in [0.15, 0.2) is 36.7 Å². The molecular weight excluding hydrogens is 348 g/mol. The van der Waals surface area contributed by atoms with Gasteiger partial charge in [-0.3, -0.25) is 0 Å². The van der Waals surface area contributed by atoms with Crippen LogP contribution in [0.3, 0.4) is 0 Å². The van der Waals surface area contributed by atoms with Crippen LogP contribution in [-0.2, 0) is 0 Å². The molecule has 1 N–H and O–H groups in total. The molecule has 0 radical (unpaired) electrons. The number of nitrogens with zero attached hydrogens (tertiary/aromatic N) is 2. The maximum atomic E-state index is 13.2. The number of aromatic nitrogens is 2. The predicted molar refractivity (Wildman–Crippen MR) is 80.2 cm³/mol. The van der Waals surface area contributed by atoms with Gasteiger partial charge in [-0.15, -0.1) is 0 Å². The third-order valence-corrected chi connectivity index (χ3v) is 3.39. The zero-order valence-electron chi connectivity index (χ0n) is 12.4. The summed E-state index contributed by atoms with van der Waals surface area (Å²) in [6, 6.07) is 7.14. The second kappa shape index (κ2) is 7.74. The summed E-state index contributed by atoms with van der Waals surface area (Å²) in [5.74, 6) is -0.147. The maximum absolute atomic E-state index is 13.2. The standard InChI is InChI=1S/C15H11ClFN3O2.K/c1-22-14-6-12-9(5-13(14)21)15(19-7-18-12)20-8-2-3-11(17)10(16)4-8;/h2-7,21H,1H3,(H,18,19,20);/q;+1/p-1. The fourth-order valence-corrected chi connectivity index (χ4v) is 2.21. The molecule has 3 aromatic rings. The zero-order chi connectivity index (χ0) is 15.7. The van der Waals surface area contributed by atoms with E-state index in [1.54, 1.807) is 6.07 Å². The van der Waals surface area contributed by atoms with Gasteiger partial charge in [0.05, 0.1) is 17.6 Å². The molecule has 1 heterocycles. The number of benzene rings is 2. The van der Waals surface area contributed by atoms with E-state index in [1.807, 2.05) is 0 Å². The van der Waals surface area contributed by atoms with Crippen molar-refractivity contribution in [3.63, 3.8) is 0 Å². The van der Waals surface area contributed by atoms with Crippen molar-refractivity contribution >= 4 is 34.0 Å². The fourth-order valence-electron chi connectivity index (χ4n) is 2.03. The van der Waals surface area contributed by atoms with E-state index in [-0.39, 0.29) is 67.9 Å². The molecule has 0 unspecified atom stereocenters. The van der Waals surface area contributed by atoms with Gasteiger partial charge in [-0.1, -0.05) is 23.4 Å². The number of fused-ring (bicyclic) bond motifs is 1. The summed E-state index contributed by atoms with van der Waals surface area (Å²) in [4.78, 5) is 8.22. The third-order valence-electron chi connectivity index (χ3n) is 3.10. The number of hydrogen-bond acceptors (Lipinski definition) is 5. The summed E-state index contributed by atoms with van der Waals surface area (Å²) in [6.45, 7) is 0. The molecule has 112 valence electrons. The van der Waals surface area contributed by atoms with E-state index >= 15 is 0 Å². The monoisotopic (exact) mass is 357 g/mol. The van der Waals surface area contributed by atoms with Crippen LogP contribution < -0.4 is 66.5 Å². The average molecular weight is 358 g/mol. The number of ether oxygens (including phenoxy) is 1. The van der Waals surface area contributed by atoms with Gasteiger partial charge in [0.1, 0.15) is 23.7 Å². The summed E-state index contributed by atoms with van der Waals surface area (Å²) >= 11 is 5.75. The number of rotatable bonds is 3. The van der Waals surface area contributed by atoms with Crippen molar-refractivity contribution in [2.24, 2.45) is 0 Å².